The van der Waals surface area contributed by atoms with Gasteiger partial charge < -0.3 is 15.0 Å². The van der Waals surface area contributed by atoms with Gasteiger partial charge in [0, 0.05) is 44.3 Å². The van der Waals surface area contributed by atoms with Crippen molar-refractivity contribution >= 4 is 16.8 Å². The molecule has 0 saturated heterocycles. The van der Waals surface area contributed by atoms with Gasteiger partial charge in [0.25, 0.3) is 0 Å². The van der Waals surface area contributed by atoms with Gasteiger partial charge in [-0.15, -0.1) is 0 Å². The molecular formula is C38H66N2O2. The monoisotopic (exact) mass is 583 g/mol. The minimum Gasteiger partial charge on any atom is -0.385 e. The second kappa shape index (κ2) is 25.7. The number of aryl methyl sites for hydroxylation is 2. The first kappa shape index (κ1) is 36.4. The van der Waals surface area contributed by atoms with Crippen LogP contribution in [0, 0.1) is 0 Å². The zero-order valence-corrected chi connectivity index (χ0v) is 27.7. The van der Waals surface area contributed by atoms with Crippen LogP contribution in [0.25, 0.3) is 10.9 Å². The van der Waals surface area contributed by atoms with Crippen LogP contribution < -0.4 is 5.32 Å². The van der Waals surface area contributed by atoms with Crippen LogP contribution in [0.2, 0.25) is 0 Å². The number of hydrogen-bond donors (Lipinski definition) is 2. The SMILES string of the molecule is COCCCCCCCCCCCCCCc1ccc2[nH]cc(CCCCCCCCCCCCCNC(C)=O)c2c1. The van der Waals surface area contributed by atoms with Gasteiger partial charge in [-0.1, -0.05) is 128 Å². The zero-order chi connectivity index (χ0) is 29.9. The van der Waals surface area contributed by atoms with Crippen molar-refractivity contribution in [2.45, 2.75) is 167 Å². The highest BCUT2D eigenvalue weighted by Gasteiger charge is 2.05. The number of fused-ring (bicyclic) bond motifs is 1. The molecule has 0 radical (unpaired) electrons. The minimum absolute atomic E-state index is 0.0919. The molecule has 0 spiro atoms. The third-order valence-electron chi connectivity index (χ3n) is 8.89. The lowest BCUT2D eigenvalue weighted by Crippen LogP contribution is -2.20. The van der Waals surface area contributed by atoms with E-state index < -0.39 is 0 Å². The summed E-state index contributed by atoms with van der Waals surface area (Å²) < 4.78 is 5.12. The molecule has 240 valence electrons. The van der Waals surface area contributed by atoms with Crippen molar-refractivity contribution in [2.75, 3.05) is 20.3 Å². The molecular weight excluding hydrogens is 516 g/mol. The van der Waals surface area contributed by atoms with Crippen LogP contribution in [0.5, 0.6) is 0 Å². The highest BCUT2D eigenvalue weighted by molar-refractivity contribution is 5.83. The van der Waals surface area contributed by atoms with Crippen molar-refractivity contribution in [2.24, 2.45) is 0 Å². The van der Waals surface area contributed by atoms with Gasteiger partial charge in [0.1, 0.15) is 0 Å². The van der Waals surface area contributed by atoms with E-state index in [1.807, 2.05) is 0 Å². The summed E-state index contributed by atoms with van der Waals surface area (Å²) in [5, 5.41) is 4.34. The van der Waals surface area contributed by atoms with E-state index in [1.165, 1.54) is 176 Å². The number of carbonyl (C=O) groups is 1. The highest BCUT2D eigenvalue weighted by atomic mass is 16.5. The molecule has 0 aliphatic heterocycles. The normalized spacial score (nSPS) is 11.5. The Balaban J connectivity index is 1.44. The van der Waals surface area contributed by atoms with E-state index in [0.29, 0.717) is 0 Å². The van der Waals surface area contributed by atoms with Crippen molar-refractivity contribution in [1.82, 2.24) is 10.3 Å². The molecule has 0 atom stereocenters. The van der Waals surface area contributed by atoms with Gasteiger partial charge in [-0.3, -0.25) is 4.79 Å². The van der Waals surface area contributed by atoms with Gasteiger partial charge >= 0.3 is 0 Å². The second-order valence-electron chi connectivity index (χ2n) is 12.8. The number of aromatic amines is 1. The maximum Gasteiger partial charge on any atom is 0.216 e. The van der Waals surface area contributed by atoms with Gasteiger partial charge in [0.15, 0.2) is 0 Å². The summed E-state index contributed by atoms with van der Waals surface area (Å²) in [6, 6.07) is 7.11. The highest BCUT2D eigenvalue weighted by Crippen LogP contribution is 2.23. The van der Waals surface area contributed by atoms with Crippen molar-refractivity contribution < 1.29 is 9.53 Å². The van der Waals surface area contributed by atoms with E-state index in [2.05, 4.69) is 34.7 Å². The second-order valence-corrected chi connectivity index (χ2v) is 12.8. The Bertz CT molecular complexity index is 906. The van der Waals surface area contributed by atoms with Gasteiger partial charge in [-0.25, -0.2) is 0 Å². The fourth-order valence-corrected chi connectivity index (χ4v) is 6.23. The molecule has 2 aromatic rings. The number of hydrogen-bond acceptors (Lipinski definition) is 2. The van der Waals surface area contributed by atoms with Crippen LogP contribution in [0.15, 0.2) is 24.4 Å². The van der Waals surface area contributed by atoms with E-state index in [4.69, 9.17) is 4.74 Å². The number of rotatable bonds is 29. The molecule has 4 nitrogen and oxygen atoms in total. The number of benzene rings is 1. The van der Waals surface area contributed by atoms with Gasteiger partial charge in [0.2, 0.25) is 5.91 Å². The summed E-state index contributed by atoms with van der Waals surface area (Å²) in [5.41, 5.74) is 4.33. The number of unbranched alkanes of at least 4 members (excludes halogenated alkanes) is 21. The largest absolute Gasteiger partial charge is 0.385 e. The van der Waals surface area contributed by atoms with Crippen LogP contribution in [0.4, 0.5) is 0 Å². The minimum atomic E-state index is 0.0919. The first-order valence-corrected chi connectivity index (χ1v) is 18.0. The summed E-state index contributed by atoms with van der Waals surface area (Å²) in [4.78, 5) is 14.4. The van der Waals surface area contributed by atoms with E-state index in [0.717, 1.165) is 19.6 Å². The number of aromatic nitrogens is 1. The fourth-order valence-electron chi connectivity index (χ4n) is 6.23. The summed E-state index contributed by atoms with van der Waals surface area (Å²) in [7, 11) is 1.80. The smallest absolute Gasteiger partial charge is 0.216 e. The Morgan fingerprint density at radius 2 is 1.12 bits per heavy atom. The van der Waals surface area contributed by atoms with E-state index in [-0.39, 0.29) is 5.91 Å². The first-order valence-electron chi connectivity index (χ1n) is 18.0. The summed E-state index contributed by atoms with van der Waals surface area (Å²) >= 11 is 0. The quantitative estimate of drug-likeness (QED) is 0.0937. The summed E-state index contributed by atoms with van der Waals surface area (Å²) in [6.45, 7) is 3.36. The summed E-state index contributed by atoms with van der Waals surface area (Å²) in [6.07, 6.45) is 35.8. The lowest BCUT2D eigenvalue weighted by molar-refractivity contribution is -0.118. The average molecular weight is 583 g/mol. The Morgan fingerprint density at radius 1 is 0.643 bits per heavy atom. The van der Waals surface area contributed by atoms with Gasteiger partial charge in [-0.05, 0) is 61.8 Å². The average Bonchev–Trinajstić information content (AvgIpc) is 3.39. The Morgan fingerprint density at radius 3 is 1.64 bits per heavy atom. The lowest BCUT2D eigenvalue weighted by Gasteiger charge is -2.05. The fraction of sp³-hybridized carbons (Fsp3) is 0.763. The number of amides is 1. The third-order valence-corrected chi connectivity index (χ3v) is 8.89. The summed E-state index contributed by atoms with van der Waals surface area (Å²) in [5.74, 6) is 0.0919. The van der Waals surface area contributed by atoms with Gasteiger partial charge in [0.05, 0.1) is 0 Å². The maximum atomic E-state index is 10.9. The van der Waals surface area contributed by atoms with Crippen molar-refractivity contribution in [1.29, 1.82) is 0 Å². The van der Waals surface area contributed by atoms with E-state index in [9.17, 15) is 4.79 Å². The van der Waals surface area contributed by atoms with Crippen molar-refractivity contribution in [3.05, 3.63) is 35.5 Å². The number of ether oxygens (including phenoxy) is 1. The molecule has 0 aliphatic rings. The van der Waals surface area contributed by atoms with Crippen LogP contribution in [0.3, 0.4) is 0 Å². The molecule has 42 heavy (non-hydrogen) atoms. The molecule has 2 N–H and O–H groups in total. The number of methoxy groups -OCH3 is 1. The van der Waals surface area contributed by atoms with Crippen LogP contribution >= 0.6 is 0 Å². The molecule has 1 aromatic heterocycles. The Labute approximate surface area is 259 Å². The van der Waals surface area contributed by atoms with Gasteiger partial charge in [-0.2, -0.15) is 0 Å². The van der Waals surface area contributed by atoms with Crippen LogP contribution in [-0.2, 0) is 22.4 Å². The molecule has 0 bridgehead atoms. The molecule has 0 aliphatic carbocycles. The molecule has 1 aromatic carbocycles. The molecule has 1 amide bonds. The standard InChI is InChI=1S/C38H66N2O2/c1-34(41)39-30-24-20-16-12-8-5-7-11-15-19-23-27-36-33-40-38-29-28-35(32-37(36)38)26-22-18-14-10-6-3-4-9-13-17-21-25-31-42-2/h28-29,32-33,40H,3-27,30-31H2,1-2H3,(H,39,41). The zero-order valence-electron chi connectivity index (χ0n) is 27.7. The topological polar surface area (TPSA) is 54.1 Å². The molecule has 0 unspecified atom stereocenters. The Hall–Kier alpha value is -1.81. The number of H-pyrrole nitrogens is 1. The van der Waals surface area contributed by atoms with Crippen LogP contribution in [-0.4, -0.2) is 31.2 Å². The predicted octanol–water partition coefficient (Wildman–Crippen LogP) is 11.0. The van der Waals surface area contributed by atoms with Crippen molar-refractivity contribution in [3.63, 3.8) is 0 Å². The predicted molar refractivity (Wildman–Crippen MR) is 182 cm³/mol. The van der Waals surface area contributed by atoms with Crippen molar-refractivity contribution in [3.8, 4) is 0 Å². The third kappa shape index (κ3) is 18.7. The molecule has 0 saturated carbocycles. The van der Waals surface area contributed by atoms with Crippen LogP contribution in [0.1, 0.15) is 166 Å². The lowest BCUT2D eigenvalue weighted by atomic mass is 10.00. The van der Waals surface area contributed by atoms with E-state index in [1.54, 1.807) is 14.0 Å². The number of carbonyl (C=O) groups excluding carboxylic acids is 1. The first-order chi connectivity index (χ1) is 20.7. The molecule has 0 fully saturated rings. The molecule has 1 heterocycles. The Kier molecular flexibility index (Phi) is 22.2. The maximum absolute atomic E-state index is 10.9. The molecule has 2 rings (SSSR count). The number of nitrogens with one attached hydrogen (secondary N) is 2. The van der Waals surface area contributed by atoms with E-state index >= 15 is 0 Å². The molecule has 4 heteroatoms.